The average Bonchev–Trinajstić information content (AvgIpc) is 2.92. The molecule has 3 rings (SSSR count). The molecule has 19 heavy (non-hydrogen) atoms. The number of hydrogen-bond acceptors (Lipinski definition) is 3. The van der Waals surface area contributed by atoms with Crippen molar-refractivity contribution in [1.82, 2.24) is 10.2 Å². The Morgan fingerprint density at radius 2 is 2.26 bits per heavy atom. The lowest BCUT2D eigenvalue weighted by molar-refractivity contribution is -0.130. The number of carbonyl (C=O) groups is 1. The van der Waals surface area contributed by atoms with Gasteiger partial charge in [0.1, 0.15) is 6.17 Å². The van der Waals surface area contributed by atoms with Gasteiger partial charge in [-0.2, -0.15) is 0 Å². The normalized spacial score (nSPS) is 27.5. The van der Waals surface area contributed by atoms with E-state index in [-0.39, 0.29) is 18.1 Å². The molecule has 2 unspecified atom stereocenters. The minimum Gasteiger partial charge on any atom is -0.321 e. The SMILES string of the molecule is CC(C)C1NC(c2cccs2)N(CCC2CC2)C1=O. The molecule has 1 aliphatic carbocycles. The summed E-state index contributed by atoms with van der Waals surface area (Å²) in [6.45, 7) is 5.14. The van der Waals surface area contributed by atoms with Crippen LogP contribution < -0.4 is 5.32 Å². The van der Waals surface area contributed by atoms with Crippen molar-refractivity contribution >= 4 is 17.2 Å². The predicted molar refractivity (Wildman–Crippen MR) is 77.9 cm³/mol. The summed E-state index contributed by atoms with van der Waals surface area (Å²) < 4.78 is 0. The van der Waals surface area contributed by atoms with E-state index in [2.05, 4.69) is 41.6 Å². The number of hydrogen-bond donors (Lipinski definition) is 1. The monoisotopic (exact) mass is 278 g/mol. The molecule has 2 atom stereocenters. The lowest BCUT2D eigenvalue weighted by Crippen LogP contribution is -2.35. The highest BCUT2D eigenvalue weighted by molar-refractivity contribution is 7.10. The van der Waals surface area contributed by atoms with Crippen LogP contribution in [0.2, 0.25) is 0 Å². The Morgan fingerprint density at radius 1 is 1.47 bits per heavy atom. The zero-order valence-electron chi connectivity index (χ0n) is 11.6. The predicted octanol–water partition coefficient (Wildman–Crippen LogP) is 3.00. The van der Waals surface area contributed by atoms with Crippen LogP contribution in [0, 0.1) is 11.8 Å². The standard InChI is InChI=1S/C15H22N2OS/c1-10(2)13-15(18)17(8-7-11-5-6-11)14(16-13)12-4-3-9-19-12/h3-4,9-11,13-14,16H,5-8H2,1-2H3. The molecule has 1 saturated heterocycles. The first-order valence-corrected chi connectivity index (χ1v) is 8.14. The van der Waals surface area contributed by atoms with E-state index in [0.29, 0.717) is 5.92 Å². The summed E-state index contributed by atoms with van der Waals surface area (Å²) in [5.41, 5.74) is 0. The Kier molecular flexibility index (Phi) is 3.63. The fourth-order valence-corrected chi connectivity index (χ4v) is 3.56. The van der Waals surface area contributed by atoms with Crippen LogP contribution in [0.4, 0.5) is 0 Å². The largest absolute Gasteiger partial charge is 0.321 e. The molecular weight excluding hydrogens is 256 g/mol. The van der Waals surface area contributed by atoms with Crippen molar-refractivity contribution in [3.05, 3.63) is 22.4 Å². The van der Waals surface area contributed by atoms with Crippen molar-refractivity contribution in [1.29, 1.82) is 0 Å². The van der Waals surface area contributed by atoms with Crippen molar-refractivity contribution in [3.63, 3.8) is 0 Å². The van der Waals surface area contributed by atoms with E-state index in [9.17, 15) is 4.79 Å². The lowest BCUT2D eigenvalue weighted by Gasteiger charge is -2.23. The minimum absolute atomic E-state index is 0.0219. The number of carbonyl (C=O) groups excluding carboxylic acids is 1. The zero-order chi connectivity index (χ0) is 13.4. The second-order valence-electron chi connectivity index (χ2n) is 6.07. The van der Waals surface area contributed by atoms with Gasteiger partial charge in [0.05, 0.1) is 6.04 Å². The highest BCUT2D eigenvalue weighted by atomic mass is 32.1. The summed E-state index contributed by atoms with van der Waals surface area (Å²) in [6.07, 6.45) is 3.97. The van der Waals surface area contributed by atoms with Crippen molar-refractivity contribution in [2.45, 2.75) is 45.3 Å². The van der Waals surface area contributed by atoms with Crippen LogP contribution in [0.5, 0.6) is 0 Å². The van der Waals surface area contributed by atoms with E-state index in [1.165, 1.54) is 24.1 Å². The second-order valence-corrected chi connectivity index (χ2v) is 7.05. The molecule has 4 heteroatoms. The van der Waals surface area contributed by atoms with Crippen LogP contribution in [0.25, 0.3) is 0 Å². The quantitative estimate of drug-likeness (QED) is 0.898. The third-order valence-electron chi connectivity index (χ3n) is 4.15. The van der Waals surface area contributed by atoms with Gasteiger partial charge in [0, 0.05) is 11.4 Å². The van der Waals surface area contributed by atoms with Crippen molar-refractivity contribution in [3.8, 4) is 0 Å². The zero-order valence-corrected chi connectivity index (χ0v) is 12.5. The van der Waals surface area contributed by atoms with Gasteiger partial charge >= 0.3 is 0 Å². The molecule has 2 fully saturated rings. The Balaban J connectivity index is 1.76. The fourth-order valence-electron chi connectivity index (χ4n) is 2.76. The molecular formula is C15H22N2OS. The maximum Gasteiger partial charge on any atom is 0.241 e. The lowest BCUT2D eigenvalue weighted by atomic mass is 10.1. The van der Waals surface area contributed by atoms with E-state index < -0.39 is 0 Å². The van der Waals surface area contributed by atoms with E-state index >= 15 is 0 Å². The highest BCUT2D eigenvalue weighted by Crippen LogP contribution is 2.35. The van der Waals surface area contributed by atoms with E-state index in [4.69, 9.17) is 0 Å². The molecule has 1 N–H and O–H groups in total. The number of amides is 1. The number of nitrogens with one attached hydrogen (secondary N) is 1. The van der Waals surface area contributed by atoms with Gasteiger partial charge in [0.25, 0.3) is 0 Å². The van der Waals surface area contributed by atoms with Crippen LogP contribution in [0.15, 0.2) is 17.5 Å². The highest BCUT2D eigenvalue weighted by Gasteiger charge is 2.41. The van der Waals surface area contributed by atoms with Crippen LogP contribution in [-0.2, 0) is 4.79 Å². The molecule has 1 aliphatic heterocycles. The third-order valence-corrected chi connectivity index (χ3v) is 5.08. The van der Waals surface area contributed by atoms with Crippen molar-refractivity contribution in [2.75, 3.05) is 6.54 Å². The molecule has 1 saturated carbocycles. The topological polar surface area (TPSA) is 32.3 Å². The van der Waals surface area contributed by atoms with Gasteiger partial charge in [-0.25, -0.2) is 0 Å². The molecule has 0 radical (unpaired) electrons. The molecule has 1 aromatic rings. The summed E-state index contributed by atoms with van der Waals surface area (Å²) in [6, 6.07) is 4.17. The maximum atomic E-state index is 12.6. The van der Waals surface area contributed by atoms with Crippen LogP contribution in [-0.4, -0.2) is 23.4 Å². The first kappa shape index (κ1) is 13.1. The van der Waals surface area contributed by atoms with Gasteiger partial charge in [-0.05, 0) is 29.7 Å². The van der Waals surface area contributed by atoms with Gasteiger partial charge in [-0.3, -0.25) is 10.1 Å². The molecule has 2 aliphatic rings. The molecule has 104 valence electrons. The van der Waals surface area contributed by atoms with Crippen molar-refractivity contribution in [2.24, 2.45) is 11.8 Å². The number of rotatable bonds is 5. The van der Waals surface area contributed by atoms with Gasteiger partial charge in [-0.15, -0.1) is 11.3 Å². The summed E-state index contributed by atoms with van der Waals surface area (Å²) >= 11 is 1.73. The van der Waals surface area contributed by atoms with Crippen molar-refractivity contribution < 1.29 is 4.79 Å². The molecule has 0 bridgehead atoms. The maximum absolute atomic E-state index is 12.6. The number of nitrogens with zero attached hydrogens (tertiary/aromatic N) is 1. The van der Waals surface area contributed by atoms with E-state index in [1.54, 1.807) is 11.3 Å². The summed E-state index contributed by atoms with van der Waals surface area (Å²) in [5.74, 6) is 1.50. The Morgan fingerprint density at radius 3 is 2.84 bits per heavy atom. The van der Waals surface area contributed by atoms with E-state index in [0.717, 1.165) is 12.5 Å². The Hall–Kier alpha value is -0.870. The first-order valence-electron chi connectivity index (χ1n) is 7.26. The molecule has 3 nitrogen and oxygen atoms in total. The van der Waals surface area contributed by atoms with Crippen LogP contribution in [0.3, 0.4) is 0 Å². The number of thiophene rings is 1. The summed E-state index contributed by atoms with van der Waals surface area (Å²) in [5, 5.41) is 5.61. The van der Waals surface area contributed by atoms with Gasteiger partial charge in [0.15, 0.2) is 0 Å². The van der Waals surface area contributed by atoms with Crippen LogP contribution >= 0.6 is 11.3 Å². The third kappa shape index (κ3) is 2.70. The molecule has 1 amide bonds. The molecule has 1 aromatic heterocycles. The van der Waals surface area contributed by atoms with E-state index in [1.807, 2.05) is 0 Å². The Bertz CT molecular complexity index is 439. The van der Waals surface area contributed by atoms with Gasteiger partial charge in [-0.1, -0.05) is 32.8 Å². The smallest absolute Gasteiger partial charge is 0.241 e. The second kappa shape index (κ2) is 5.25. The molecule has 0 spiro atoms. The minimum atomic E-state index is -0.0219. The first-order chi connectivity index (χ1) is 9.16. The van der Waals surface area contributed by atoms with Gasteiger partial charge < -0.3 is 4.90 Å². The molecule has 0 aromatic carbocycles. The van der Waals surface area contributed by atoms with Gasteiger partial charge in [0.2, 0.25) is 5.91 Å². The summed E-state index contributed by atoms with van der Waals surface area (Å²) in [4.78, 5) is 15.9. The van der Waals surface area contributed by atoms with Crippen LogP contribution in [0.1, 0.15) is 44.2 Å². The summed E-state index contributed by atoms with van der Waals surface area (Å²) in [7, 11) is 0. The molecule has 2 heterocycles. The Labute approximate surface area is 119 Å². The average molecular weight is 278 g/mol. The fraction of sp³-hybridized carbons (Fsp3) is 0.667.